The quantitative estimate of drug-likeness (QED) is 0.694. The van der Waals surface area contributed by atoms with Crippen LogP contribution in [0, 0.1) is 0 Å². The highest BCUT2D eigenvalue weighted by Gasteiger charge is 2.28. The minimum absolute atomic E-state index is 0.0565. The number of hydrogen-bond donors (Lipinski definition) is 1. The van der Waals surface area contributed by atoms with Gasteiger partial charge in [-0.2, -0.15) is 0 Å². The smallest absolute Gasteiger partial charge is 0.223 e. The molecule has 1 saturated heterocycles. The first-order valence-corrected chi connectivity index (χ1v) is 10.4. The summed E-state index contributed by atoms with van der Waals surface area (Å²) in [6.45, 7) is 6.73. The van der Waals surface area contributed by atoms with Crippen LogP contribution in [-0.4, -0.2) is 60.5 Å². The molecule has 1 amide bonds. The number of ether oxygens (including phenoxy) is 1. The number of aromatic nitrogens is 1. The SMILES string of the molecule is CCN1CCN(C(=O)CC(c2ccccc2OC)c2c[nH]c3ccccc23)CC1. The van der Waals surface area contributed by atoms with E-state index < -0.39 is 0 Å². The summed E-state index contributed by atoms with van der Waals surface area (Å²) >= 11 is 0. The molecule has 152 valence electrons. The number of methoxy groups -OCH3 is 1. The predicted molar refractivity (Wildman–Crippen MR) is 116 cm³/mol. The number of nitrogens with zero attached hydrogens (tertiary/aromatic N) is 2. The molecule has 0 aliphatic carbocycles. The van der Waals surface area contributed by atoms with Crippen LogP contribution in [0.25, 0.3) is 10.9 Å². The minimum Gasteiger partial charge on any atom is -0.496 e. The average molecular weight is 392 g/mol. The molecule has 0 bridgehead atoms. The van der Waals surface area contributed by atoms with E-state index in [1.807, 2.05) is 41.4 Å². The topological polar surface area (TPSA) is 48.6 Å². The van der Waals surface area contributed by atoms with E-state index in [2.05, 4.69) is 35.0 Å². The molecule has 0 spiro atoms. The van der Waals surface area contributed by atoms with Crippen LogP contribution in [0.5, 0.6) is 5.75 Å². The summed E-state index contributed by atoms with van der Waals surface area (Å²) in [5.41, 5.74) is 3.29. The van der Waals surface area contributed by atoms with Gasteiger partial charge in [-0.3, -0.25) is 4.79 Å². The molecule has 1 unspecified atom stereocenters. The molecule has 1 aliphatic heterocycles. The van der Waals surface area contributed by atoms with Crippen molar-refractivity contribution in [1.82, 2.24) is 14.8 Å². The number of carbonyl (C=O) groups excluding carboxylic acids is 1. The third-order valence-electron chi connectivity index (χ3n) is 6.06. The fourth-order valence-electron chi connectivity index (χ4n) is 4.34. The first-order chi connectivity index (χ1) is 14.2. The summed E-state index contributed by atoms with van der Waals surface area (Å²) in [7, 11) is 1.69. The van der Waals surface area contributed by atoms with E-state index in [4.69, 9.17) is 4.74 Å². The Balaban J connectivity index is 1.67. The van der Waals surface area contributed by atoms with Crippen LogP contribution in [0.2, 0.25) is 0 Å². The van der Waals surface area contributed by atoms with Crippen LogP contribution >= 0.6 is 0 Å². The van der Waals surface area contributed by atoms with Gasteiger partial charge in [0, 0.05) is 61.2 Å². The van der Waals surface area contributed by atoms with Crippen molar-refractivity contribution in [1.29, 1.82) is 0 Å². The molecule has 1 aliphatic rings. The molecular formula is C24H29N3O2. The third kappa shape index (κ3) is 4.01. The number of hydrogen-bond acceptors (Lipinski definition) is 3. The molecule has 0 saturated carbocycles. The molecule has 1 atom stereocenters. The molecule has 3 aromatic rings. The molecule has 5 nitrogen and oxygen atoms in total. The number of piperazine rings is 1. The van der Waals surface area contributed by atoms with Crippen molar-refractivity contribution >= 4 is 16.8 Å². The van der Waals surface area contributed by atoms with Gasteiger partial charge in [-0.1, -0.05) is 43.3 Å². The molecule has 29 heavy (non-hydrogen) atoms. The van der Waals surface area contributed by atoms with Crippen LogP contribution in [0.4, 0.5) is 0 Å². The van der Waals surface area contributed by atoms with E-state index in [-0.39, 0.29) is 11.8 Å². The van der Waals surface area contributed by atoms with E-state index in [0.29, 0.717) is 6.42 Å². The summed E-state index contributed by atoms with van der Waals surface area (Å²) in [6, 6.07) is 16.3. The van der Waals surface area contributed by atoms with Crippen LogP contribution in [-0.2, 0) is 4.79 Å². The van der Waals surface area contributed by atoms with Gasteiger partial charge in [0.15, 0.2) is 0 Å². The van der Waals surface area contributed by atoms with Crippen LogP contribution in [0.1, 0.15) is 30.4 Å². The van der Waals surface area contributed by atoms with E-state index in [1.165, 1.54) is 0 Å². The van der Waals surface area contributed by atoms with Gasteiger partial charge in [0.2, 0.25) is 5.91 Å². The Labute approximate surface area is 172 Å². The lowest BCUT2D eigenvalue weighted by molar-refractivity contribution is -0.133. The monoisotopic (exact) mass is 391 g/mol. The second-order valence-corrected chi connectivity index (χ2v) is 7.60. The summed E-state index contributed by atoms with van der Waals surface area (Å²) in [4.78, 5) is 21.0. The standard InChI is InChI=1S/C24H29N3O2/c1-3-26-12-14-27(15-13-26)24(28)16-20(19-9-5-7-11-23(19)29-2)21-17-25-22-10-6-4-8-18(21)22/h4-11,17,20,25H,3,12-16H2,1-2H3. The molecule has 1 aromatic heterocycles. The maximum atomic E-state index is 13.3. The molecule has 5 heteroatoms. The van der Waals surface area contributed by atoms with E-state index in [9.17, 15) is 4.79 Å². The summed E-state index contributed by atoms with van der Waals surface area (Å²) in [6.07, 6.45) is 2.48. The van der Waals surface area contributed by atoms with Gasteiger partial charge >= 0.3 is 0 Å². The highest BCUT2D eigenvalue weighted by molar-refractivity contribution is 5.86. The third-order valence-corrected chi connectivity index (χ3v) is 6.06. The highest BCUT2D eigenvalue weighted by Crippen LogP contribution is 2.38. The fraction of sp³-hybridized carbons (Fsp3) is 0.375. The second kappa shape index (κ2) is 8.70. The number of likely N-dealkylation sites (N-methyl/N-ethyl adjacent to an activating group) is 1. The van der Waals surface area contributed by atoms with Crippen LogP contribution < -0.4 is 4.74 Å². The minimum atomic E-state index is -0.0565. The van der Waals surface area contributed by atoms with Gasteiger partial charge < -0.3 is 19.5 Å². The fourth-order valence-corrected chi connectivity index (χ4v) is 4.34. The van der Waals surface area contributed by atoms with E-state index in [0.717, 1.165) is 60.5 Å². The predicted octanol–water partition coefficient (Wildman–Crippen LogP) is 3.86. The first-order valence-electron chi connectivity index (χ1n) is 10.4. The van der Waals surface area contributed by atoms with E-state index >= 15 is 0 Å². The highest BCUT2D eigenvalue weighted by atomic mass is 16.5. The van der Waals surface area contributed by atoms with Gasteiger partial charge in [-0.15, -0.1) is 0 Å². The number of aromatic amines is 1. The zero-order valence-corrected chi connectivity index (χ0v) is 17.2. The van der Waals surface area contributed by atoms with Gasteiger partial charge in [0.25, 0.3) is 0 Å². The lowest BCUT2D eigenvalue weighted by atomic mass is 9.87. The van der Waals surface area contributed by atoms with Crippen molar-refractivity contribution in [3.63, 3.8) is 0 Å². The number of rotatable bonds is 6. The maximum Gasteiger partial charge on any atom is 0.223 e. The van der Waals surface area contributed by atoms with Crippen molar-refractivity contribution in [2.75, 3.05) is 39.8 Å². The van der Waals surface area contributed by atoms with Crippen molar-refractivity contribution < 1.29 is 9.53 Å². The zero-order chi connectivity index (χ0) is 20.2. The lowest BCUT2D eigenvalue weighted by Crippen LogP contribution is -2.48. The largest absolute Gasteiger partial charge is 0.496 e. The van der Waals surface area contributed by atoms with Gasteiger partial charge in [0.1, 0.15) is 5.75 Å². The van der Waals surface area contributed by atoms with Crippen LogP contribution in [0.3, 0.4) is 0 Å². The Morgan fingerprint density at radius 3 is 2.52 bits per heavy atom. The Bertz CT molecular complexity index is 973. The second-order valence-electron chi connectivity index (χ2n) is 7.60. The maximum absolute atomic E-state index is 13.3. The molecule has 4 rings (SSSR count). The van der Waals surface area contributed by atoms with Crippen molar-refractivity contribution in [3.8, 4) is 5.75 Å². The first kappa shape index (κ1) is 19.5. The molecule has 2 aromatic carbocycles. The molecule has 1 fully saturated rings. The Hall–Kier alpha value is -2.79. The molecule has 2 heterocycles. The van der Waals surface area contributed by atoms with Gasteiger partial charge in [0.05, 0.1) is 7.11 Å². The van der Waals surface area contributed by atoms with Crippen molar-refractivity contribution in [3.05, 3.63) is 65.9 Å². The normalized spacial score (nSPS) is 16.1. The van der Waals surface area contributed by atoms with E-state index in [1.54, 1.807) is 7.11 Å². The lowest BCUT2D eigenvalue weighted by Gasteiger charge is -2.35. The van der Waals surface area contributed by atoms with Crippen molar-refractivity contribution in [2.24, 2.45) is 0 Å². The number of H-pyrrole nitrogens is 1. The molecular weight excluding hydrogens is 362 g/mol. The number of nitrogens with one attached hydrogen (secondary N) is 1. The number of amides is 1. The van der Waals surface area contributed by atoms with Gasteiger partial charge in [-0.05, 0) is 24.2 Å². The van der Waals surface area contributed by atoms with Gasteiger partial charge in [-0.25, -0.2) is 0 Å². The number of benzene rings is 2. The molecule has 1 N–H and O–H groups in total. The number of carbonyl (C=O) groups is 1. The zero-order valence-electron chi connectivity index (χ0n) is 17.2. The number of fused-ring (bicyclic) bond motifs is 1. The Morgan fingerprint density at radius 2 is 1.76 bits per heavy atom. The van der Waals surface area contributed by atoms with Crippen LogP contribution in [0.15, 0.2) is 54.7 Å². The Kier molecular flexibility index (Phi) is 5.86. The summed E-state index contributed by atoms with van der Waals surface area (Å²) < 4.78 is 5.65. The Morgan fingerprint density at radius 1 is 1.03 bits per heavy atom. The summed E-state index contributed by atoms with van der Waals surface area (Å²) in [5, 5.41) is 1.16. The summed E-state index contributed by atoms with van der Waals surface area (Å²) in [5.74, 6) is 0.979. The number of para-hydroxylation sites is 2. The van der Waals surface area contributed by atoms with Crippen molar-refractivity contribution in [2.45, 2.75) is 19.3 Å². The average Bonchev–Trinajstić information content (AvgIpc) is 3.21. The molecule has 0 radical (unpaired) electrons.